The van der Waals surface area contributed by atoms with Gasteiger partial charge in [-0.25, -0.2) is 8.78 Å². The summed E-state index contributed by atoms with van der Waals surface area (Å²) < 4.78 is 30.3. The van der Waals surface area contributed by atoms with Crippen LogP contribution < -0.4 is 0 Å². The number of aromatic nitrogens is 1. The minimum Gasteiger partial charge on any atom is -0.466 e. The SMILES string of the molecule is CCOC(=O)Cc1c(C(F)F)ncc(CCl)c1Cl. The lowest BCUT2D eigenvalue weighted by atomic mass is 10.1. The number of hydrogen-bond donors (Lipinski definition) is 0. The molecule has 0 amide bonds. The Kier molecular flexibility index (Phi) is 5.75. The van der Waals surface area contributed by atoms with Crippen molar-refractivity contribution in [2.75, 3.05) is 6.61 Å². The van der Waals surface area contributed by atoms with Gasteiger partial charge in [-0.05, 0) is 6.92 Å². The van der Waals surface area contributed by atoms with E-state index in [0.717, 1.165) is 0 Å². The van der Waals surface area contributed by atoms with Crippen molar-refractivity contribution in [2.24, 2.45) is 0 Å². The second-order valence-corrected chi connectivity index (χ2v) is 4.02. The maximum absolute atomic E-state index is 12.8. The normalized spacial score (nSPS) is 10.8. The summed E-state index contributed by atoms with van der Waals surface area (Å²) in [5.74, 6) is -0.597. The Bertz CT molecular complexity index is 441. The van der Waals surface area contributed by atoms with Crippen LogP contribution >= 0.6 is 23.2 Å². The van der Waals surface area contributed by atoms with Gasteiger partial charge in [-0.1, -0.05) is 11.6 Å². The molecule has 18 heavy (non-hydrogen) atoms. The maximum Gasteiger partial charge on any atom is 0.310 e. The Morgan fingerprint density at radius 1 is 1.56 bits per heavy atom. The molecular weight excluding hydrogens is 287 g/mol. The highest BCUT2D eigenvalue weighted by atomic mass is 35.5. The molecule has 0 fully saturated rings. The van der Waals surface area contributed by atoms with Gasteiger partial charge in [0.25, 0.3) is 6.43 Å². The Balaban J connectivity index is 3.15. The molecule has 0 radical (unpaired) electrons. The van der Waals surface area contributed by atoms with Crippen LogP contribution in [0.3, 0.4) is 0 Å². The minimum atomic E-state index is -2.81. The van der Waals surface area contributed by atoms with Crippen LogP contribution in [0, 0.1) is 0 Å². The number of carbonyl (C=O) groups excluding carboxylic acids is 1. The summed E-state index contributed by atoms with van der Waals surface area (Å²) in [6.07, 6.45) is -1.97. The van der Waals surface area contributed by atoms with Crippen molar-refractivity contribution in [3.63, 3.8) is 0 Å². The quantitative estimate of drug-likeness (QED) is 0.617. The van der Waals surface area contributed by atoms with E-state index < -0.39 is 18.1 Å². The van der Waals surface area contributed by atoms with Gasteiger partial charge in [-0.15, -0.1) is 11.6 Å². The van der Waals surface area contributed by atoms with Crippen LogP contribution in [0.5, 0.6) is 0 Å². The van der Waals surface area contributed by atoms with Crippen molar-refractivity contribution >= 4 is 29.2 Å². The average Bonchev–Trinajstić information content (AvgIpc) is 2.31. The second kappa shape index (κ2) is 6.85. The molecule has 3 nitrogen and oxygen atoms in total. The number of carbonyl (C=O) groups is 1. The van der Waals surface area contributed by atoms with Crippen molar-refractivity contribution in [3.8, 4) is 0 Å². The van der Waals surface area contributed by atoms with Crippen molar-refractivity contribution in [3.05, 3.63) is 28.0 Å². The van der Waals surface area contributed by atoms with Crippen molar-refractivity contribution in [1.82, 2.24) is 4.98 Å². The molecule has 0 aliphatic rings. The number of nitrogens with zero attached hydrogens (tertiary/aromatic N) is 1. The maximum atomic E-state index is 12.8. The molecule has 0 saturated heterocycles. The Morgan fingerprint density at radius 3 is 2.72 bits per heavy atom. The summed E-state index contributed by atoms with van der Waals surface area (Å²) in [5.41, 5.74) is -0.132. The largest absolute Gasteiger partial charge is 0.466 e. The summed E-state index contributed by atoms with van der Waals surface area (Å²) in [5, 5.41) is 0.0448. The molecule has 0 saturated carbocycles. The number of alkyl halides is 3. The van der Waals surface area contributed by atoms with Crippen LogP contribution in [0.25, 0.3) is 0 Å². The second-order valence-electron chi connectivity index (χ2n) is 3.38. The highest BCUT2D eigenvalue weighted by molar-refractivity contribution is 6.33. The lowest BCUT2D eigenvalue weighted by Gasteiger charge is -2.12. The third kappa shape index (κ3) is 3.53. The smallest absolute Gasteiger partial charge is 0.310 e. The molecule has 100 valence electrons. The third-order valence-corrected chi connectivity index (χ3v) is 2.95. The lowest BCUT2D eigenvalue weighted by Crippen LogP contribution is -2.12. The van der Waals surface area contributed by atoms with Crippen LogP contribution in [-0.4, -0.2) is 17.6 Å². The van der Waals surface area contributed by atoms with Gasteiger partial charge in [0.05, 0.1) is 23.9 Å². The van der Waals surface area contributed by atoms with E-state index in [1.165, 1.54) is 6.20 Å². The van der Waals surface area contributed by atoms with Gasteiger partial charge >= 0.3 is 5.97 Å². The molecule has 1 heterocycles. The van der Waals surface area contributed by atoms with Crippen LogP contribution in [0.1, 0.15) is 30.2 Å². The summed E-state index contributed by atoms with van der Waals surface area (Å²) in [6, 6.07) is 0. The first-order valence-electron chi connectivity index (χ1n) is 5.17. The van der Waals surface area contributed by atoms with Crippen LogP contribution in [0.2, 0.25) is 5.02 Å². The fourth-order valence-electron chi connectivity index (χ4n) is 1.39. The van der Waals surface area contributed by atoms with Gasteiger partial charge < -0.3 is 4.74 Å². The minimum absolute atomic E-state index is 0.0248. The van der Waals surface area contributed by atoms with E-state index in [2.05, 4.69) is 4.98 Å². The number of rotatable bonds is 5. The molecule has 1 aromatic rings. The summed E-state index contributed by atoms with van der Waals surface area (Å²) >= 11 is 11.5. The van der Waals surface area contributed by atoms with Crippen LogP contribution in [-0.2, 0) is 21.8 Å². The number of halogens is 4. The molecule has 1 aromatic heterocycles. The van der Waals surface area contributed by atoms with Crippen LogP contribution in [0.4, 0.5) is 8.78 Å². The van der Waals surface area contributed by atoms with Crippen molar-refractivity contribution < 1.29 is 18.3 Å². The van der Waals surface area contributed by atoms with E-state index in [1.807, 2.05) is 0 Å². The van der Waals surface area contributed by atoms with E-state index >= 15 is 0 Å². The molecule has 0 aliphatic heterocycles. The molecule has 0 atom stereocenters. The first-order valence-corrected chi connectivity index (χ1v) is 6.08. The molecular formula is C11H11Cl2F2NO2. The Hall–Kier alpha value is -0.940. The lowest BCUT2D eigenvalue weighted by molar-refractivity contribution is -0.142. The van der Waals surface area contributed by atoms with E-state index in [0.29, 0.717) is 5.56 Å². The van der Waals surface area contributed by atoms with Crippen molar-refractivity contribution in [1.29, 1.82) is 0 Å². The molecule has 0 N–H and O–H groups in total. The summed E-state index contributed by atoms with van der Waals surface area (Å²) in [7, 11) is 0. The fraction of sp³-hybridized carbons (Fsp3) is 0.455. The van der Waals surface area contributed by atoms with Crippen LogP contribution in [0.15, 0.2) is 6.20 Å². The number of ether oxygens (including phenoxy) is 1. The molecule has 0 spiro atoms. The van der Waals surface area contributed by atoms with Gasteiger partial charge in [0.2, 0.25) is 0 Å². The predicted molar refractivity (Wildman–Crippen MR) is 64.1 cm³/mol. The molecule has 0 aromatic carbocycles. The zero-order valence-electron chi connectivity index (χ0n) is 9.55. The van der Waals surface area contributed by atoms with Gasteiger partial charge in [0.1, 0.15) is 5.69 Å². The van der Waals surface area contributed by atoms with E-state index in [1.54, 1.807) is 6.92 Å². The third-order valence-electron chi connectivity index (χ3n) is 2.19. The molecule has 0 aliphatic carbocycles. The van der Waals surface area contributed by atoms with Crippen molar-refractivity contribution in [2.45, 2.75) is 25.7 Å². The monoisotopic (exact) mass is 297 g/mol. The predicted octanol–water partition coefficient (Wildman–Crippen LogP) is 3.52. The van der Waals surface area contributed by atoms with Gasteiger partial charge in [-0.3, -0.25) is 9.78 Å². The highest BCUT2D eigenvalue weighted by Gasteiger charge is 2.22. The van der Waals surface area contributed by atoms with E-state index in [-0.39, 0.29) is 29.5 Å². The van der Waals surface area contributed by atoms with Gasteiger partial charge in [0, 0.05) is 17.3 Å². The summed E-state index contributed by atoms with van der Waals surface area (Å²) in [4.78, 5) is 14.9. The Labute approximate surface area is 113 Å². The number of pyridine rings is 1. The molecule has 1 rings (SSSR count). The zero-order chi connectivity index (χ0) is 13.7. The van der Waals surface area contributed by atoms with E-state index in [9.17, 15) is 13.6 Å². The standard InChI is InChI=1S/C11H11Cl2F2NO2/c1-2-18-8(17)3-7-9(13)6(4-12)5-16-10(7)11(14)15/h5,11H,2-4H2,1H3. The van der Waals surface area contributed by atoms with Gasteiger partial charge in [-0.2, -0.15) is 0 Å². The fourth-order valence-corrected chi connectivity index (χ4v) is 1.94. The summed E-state index contributed by atoms with van der Waals surface area (Å²) in [6.45, 7) is 1.80. The molecule has 7 heteroatoms. The zero-order valence-corrected chi connectivity index (χ0v) is 11.1. The first kappa shape index (κ1) is 15.1. The topological polar surface area (TPSA) is 39.2 Å². The first-order chi connectivity index (χ1) is 8.51. The number of hydrogen-bond acceptors (Lipinski definition) is 3. The average molecular weight is 298 g/mol. The highest BCUT2D eigenvalue weighted by Crippen LogP contribution is 2.30. The Morgan fingerprint density at radius 2 is 2.22 bits per heavy atom. The molecule has 0 unspecified atom stereocenters. The van der Waals surface area contributed by atoms with E-state index in [4.69, 9.17) is 27.9 Å². The number of esters is 1. The van der Waals surface area contributed by atoms with Gasteiger partial charge in [0.15, 0.2) is 0 Å². The molecule has 0 bridgehead atoms.